The van der Waals surface area contributed by atoms with E-state index in [1.807, 2.05) is 13.8 Å². The highest BCUT2D eigenvalue weighted by Gasteiger charge is 2.45. The Labute approximate surface area is 84.8 Å². The van der Waals surface area contributed by atoms with Crippen molar-refractivity contribution in [2.45, 2.75) is 45.6 Å². The fourth-order valence-electron chi connectivity index (χ4n) is 2.02. The lowest BCUT2D eigenvalue weighted by atomic mass is 9.94. The van der Waals surface area contributed by atoms with E-state index in [0.29, 0.717) is 13.0 Å². The highest BCUT2D eigenvalue weighted by molar-refractivity contribution is 5.84. The van der Waals surface area contributed by atoms with Gasteiger partial charge in [0.05, 0.1) is 6.61 Å². The highest BCUT2D eigenvalue weighted by atomic mass is 16.5. The average molecular weight is 198 g/mol. The molecule has 3 nitrogen and oxygen atoms in total. The summed E-state index contributed by atoms with van der Waals surface area (Å²) in [4.78, 5) is 11.6. The van der Waals surface area contributed by atoms with Gasteiger partial charge in [-0.25, -0.2) is 4.79 Å². The lowest BCUT2D eigenvalue weighted by Crippen LogP contribution is -2.39. The van der Waals surface area contributed by atoms with Crippen LogP contribution in [0.5, 0.6) is 0 Å². The standard InChI is InChI=1S/C11H18O3/c1-4-14-10(12)11(13)7-5-6-9(11)8(2)3/h13H,4-7H2,1-3H3. The minimum absolute atomic E-state index is 0.317. The smallest absolute Gasteiger partial charge is 0.342 e. The lowest BCUT2D eigenvalue weighted by molar-refractivity contribution is -0.160. The van der Waals surface area contributed by atoms with Crippen molar-refractivity contribution < 1.29 is 14.6 Å². The SMILES string of the molecule is CCOC(=O)C1(O)CCCC1=C(C)C. The molecule has 1 aliphatic rings. The topological polar surface area (TPSA) is 46.5 Å². The van der Waals surface area contributed by atoms with E-state index in [1.54, 1.807) is 6.92 Å². The quantitative estimate of drug-likeness (QED) is 0.543. The number of carbonyl (C=O) groups excluding carboxylic acids is 1. The largest absolute Gasteiger partial charge is 0.464 e. The molecule has 1 fully saturated rings. The second-order valence-electron chi connectivity index (χ2n) is 3.91. The van der Waals surface area contributed by atoms with E-state index in [-0.39, 0.29) is 0 Å². The molecule has 80 valence electrons. The van der Waals surface area contributed by atoms with Crippen LogP contribution in [0.25, 0.3) is 0 Å². The number of hydrogen-bond acceptors (Lipinski definition) is 3. The van der Waals surface area contributed by atoms with Gasteiger partial charge in [-0.2, -0.15) is 0 Å². The van der Waals surface area contributed by atoms with Gasteiger partial charge in [-0.05, 0) is 45.6 Å². The molecule has 0 aromatic heterocycles. The maximum atomic E-state index is 11.6. The average Bonchev–Trinajstić information content (AvgIpc) is 2.49. The van der Waals surface area contributed by atoms with Gasteiger partial charge in [0.15, 0.2) is 5.60 Å². The first-order chi connectivity index (χ1) is 6.52. The molecular weight excluding hydrogens is 180 g/mol. The van der Waals surface area contributed by atoms with Gasteiger partial charge in [0.25, 0.3) is 0 Å². The van der Waals surface area contributed by atoms with Crippen LogP contribution in [0.4, 0.5) is 0 Å². The summed E-state index contributed by atoms with van der Waals surface area (Å²) in [7, 11) is 0. The van der Waals surface area contributed by atoms with Crippen LogP contribution in [-0.4, -0.2) is 23.3 Å². The molecule has 14 heavy (non-hydrogen) atoms. The van der Waals surface area contributed by atoms with E-state index in [2.05, 4.69) is 0 Å². The normalized spacial score (nSPS) is 26.4. The zero-order valence-electron chi connectivity index (χ0n) is 9.09. The Morgan fingerprint density at radius 2 is 2.21 bits per heavy atom. The van der Waals surface area contributed by atoms with Crippen molar-refractivity contribution in [3.8, 4) is 0 Å². The Hall–Kier alpha value is -0.830. The number of carbonyl (C=O) groups is 1. The van der Waals surface area contributed by atoms with Crippen molar-refractivity contribution >= 4 is 5.97 Å². The first-order valence-electron chi connectivity index (χ1n) is 5.08. The second kappa shape index (κ2) is 4.13. The van der Waals surface area contributed by atoms with Crippen LogP contribution >= 0.6 is 0 Å². The van der Waals surface area contributed by atoms with Crippen LogP contribution in [0.15, 0.2) is 11.1 Å². The van der Waals surface area contributed by atoms with Crippen molar-refractivity contribution in [1.82, 2.24) is 0 Å². The Morgan fingerprint density at radius 1 is 1.57 bits per heavy atom. The summed E-state index contributed by atoms with van der Waals surface area (Å²) in [6.45, 7) is 5.91. The third-order valence-electron chi connectivity index (χ3n) is 2.68. The van der Waals surface area contributed by atoms with Crippen molar-refractivity contribution in [1.29, 1.82) is 0 Å². The van der Waals surface area contributed by atoms with Crippen LogP contribution in [0, 0.1) is 0 Å². The molecule has 1 rings (SSSR count). The third-order valence-corrected chi connectivity index (χ3v) is 2.68. The van der Waals surface area contributed by atoms with E-state index < -0.39 is 11.6 Å². The van der Waals surface area contributed by atoms with Crippen molar-refractivity contribution in [3.63, 3.8) is 0 Å². The van der Waals surface area contributed by atoms with Crippen molar-refractivity contribution in [3.05, 3.63) is 11.1 Å². The summed E-state index contributed by atoms with van der Waals surface area (Å²) in [5.74, 6) is -0.492. The number of ether oxygens (including phenoxy) is 1. The Balaban J connectivity index is 2.93. The van der Waals surface area contributed by atoms with Gasteiger partial charge >= 0.3 is 5.97 Å². The van der Waals surface area contributed by atoms with Gasteiger partial charge in [-0.3, -0.25) is 0 Å². The predicted molar refractivity (Wildman–Crippen MR) is 53.8 cm³/mol. The second-order valence-corrected chi connectivity index (χ2v) is 3.91. The molecule has 0 heterocycles. The third kappa shape index (κ3) is 1.82. The summed E-state index contributed by atoms with van der Waals surface area (Å²) >= 11 is 0. The fraction of sp³-hybridized carbons (Fsp3) is 0.727. The molecule has 0 aliphatic heterocycles. The van der Waals surface area contributed by atoms with Gasteiger partial charge in [-0.1, -0.05) is 5.57 Å². The summed E-state index contributed by atoms with van der Waals surface area (Å²) in [5, 5.41) is 10.2. The van der Waals surface area contributed by atoms with Crippen LogP contribution in [0.3, 0.4) is 0 Å². The Kier molecular flexibility index (Phi) is 3.32. The van der Waals surface area contributed by atoms with Crippen molar-refractivity contribution in [2.24, 2.45) is 0 Å². The summed E-state index contributed by atoms with van der Waals surface area (Å²) in [5.41, 5.74) is 0.531. The maximum absolute atomic E-state index is 11.6. The number of rotatable bonds is 2. The molecule has 1 saturated carbocycles. The predicted octanol–water partition coefficient (Wildman–Crippen LogP) is 1.80. The first-order valence-corrected chi connectivity index (χ1v) is 5.08. The van der Waals surface area contributed by atoms with Crippen LogP contribution in [0.2, 0.25) is 0 Å². The minimum Gasteiger partial charge on any atom is -0.464 e. The fourth-order valence-corrected chi connectivity index (χ4v) is 2.02. The zero-order valence-corrected chi connectivity index (χ0v) is 9.09. The van der Waals surface area contributed by atoms with E-state index in [1.165, 1.54) is 0 Å². The van der Waals surface area contributed by atoms with E-state index in [0.717, 1.165) is 24.0 Å². The van der Waals surface area contributed by atoms with Crippen LogP contribution in [-0.2, 0) is 9.53 Å². The van der Waals surface area contributed by atoms with E-state index in [4.69, 9.17) is 4.74 Å². The van der Waals surface area contributed by atoms with Gasteiger partial charge in [0.1, 0.15) is 0 Å². The monoisotopic (exact) mass is 198 g/mol. The lowest BCUT2D eigenvalue weighted by Gasteiger charge is -2.23. The molecule has 0 spiro atoms. The van der Waals surface area contributed by atoms with E-state index >= 15 is 0 Å². The molecule has 3 heteroatoms. The zero-order chi connectivity index (χ0) is 10.8. The molecule has 1 unspecified atom stereocenters. The molecule has 0 amide bonds. The summed E-state index contributed by atoms with van der Waals surface area (Å²) < 4.78 is 4.89. The van der Waals surface area contributed by atoms with Gasteiger partial charge in [-0.15, -0.1) is 0 Å². The van der Waals surface area contributed by atoms with Crippen LogP contribution in [0.1, 0.15) is 40.0 Å². The molecule has 0 saturated heterocycles. The molecule has 0 aromatic rings. The summed E-state index contributed by atoms with van der Waals surface area (Å²) in [6.07, 6.45) is 2.15. The van der Waals surface area contributed by atoms with Gasteiger partial charge in [0, 0.05) is 0 Å². The number of allylic oxidation sites excluding steroid dienone is 1. The molecule has 0 aromatic carbocycles. The highest BCUT2D eigenvalue weighted by Crippen LogP contribution is 2.37. The van der Waals surface area contributed by atoms with Gasteiger partial charge in [0.2, 0.25) is 0 Å². The molecule has 0 bridgehead atoms. The Bertz CT molecular complexity index is 264. The van der Waals surface area contributed by atoms with Gasteiger partial charge < -0.3 is 9.84 Å². The number of hydrogen-bond donors (Lipinski definition) is 1. The number of esters is 1. The van der Waals surface area contributed by atoms with Crippen LogP contribution < -0.4 is 0 Å². The maximum Gasteiger partial charge on any atom is 0.342 e. The molecule has 1 aliphatic carbocycles. The Morgan fingerprint density at radius 3 is 2.71 bits per heavy atom. The van der Waals surface area contributed by atoms with E-state index in [9.17, 15) is 9.90 Å². The number of aliphatic hydroxyl groups is 1. The molecule has 1 atom stereocenters. The molecule has 1 N–H and O–H groups in total. The molecular formula is C11H18O3. The van der Waals surface area contributed by atoms with Crippen molar-refractivity contribution in [2.75, 3.05) is 6.61 Å². The first kappa shape index (κ1) is 11.2. The minimum atomic E-state index is -1.34. The molecule has 0 radical (unpaired) electrons. The summed E-state index contributed by atoms with van der Waals surface area (Å²) in [6, 6.07) is 0.